The largest absolute Gasteiger partial charge is 0.378 e. The lowest BCUT2D eigenvalue weighted by molar-refractivity contribution is -0.0441. The summed E-state index contributed by atoms with van der Waals surface area (Å²) in [5.41, 5.74) is 1.28. The molecule has 0 aliphatic carbocycles. The molecule has 18 heavy (non-hydrogen) atoms. The molecule has 2 nitrogen and oxygen atoms in total. The summed E-state index contributed by atoms with van der Waals surface area (Å²) in [5.74, 6) is 0.507. The maximum absolute atomic E-state index is 9.18. The van der Waals surface area contributed by atoms with Crippen LogP contribution in [0.2, 0.25) is 0 Å². The van der Waals surface area contributed by atoms with Crippen molar-refractivity contribution < 1.29 is 4.74 Å². The number of ether oxygens (including phenoxy) is 1. The van der Waals surface area contributed by atoms with Crippen molar-refractivity contribution in [1.29, 1.82) is 5.26 Å². The first-order valence-electron chi connectivity index (χ1n) is 6.72. The minimum absolute atomic E-state index is 0.0107. The zero-order valence-corrected chi connectivity index (χ0v) is 11.2. The zero-order chi connectivity index (χ0) is 13.0. The fraction of sp³-hybridized carbons (Fsp3) is 0.562. The van der Waals surface area contributed by atoms with E-state index in [0.717, 1.165) is 19.4 Å². The molecule has 2 rings (SSSR count). The molecule has 96 valence electrons. The molecular weight excluding hydrogens is 222 g/mol. The Balaban J connectivity index is 2.30. The van der Waals surface area contributed by atoms with E-state index in [4.69, 9.17) is 4.74 Å². The zero-order valence-electron chi connectivity index (χ0n) is 11.2. The van der Waals surface area contributed by atoms with Crippen molar-refractivity contribution in [1.82, 2.24) is 0 Å². The molecule has 1 saturated heterocycles. The van der Waals surface area contributed by atoms with Gasteiger partial charge >= 0.3 is 0 Å². The van der Waals surface area contributed by atoms with E-state index in [9.17, 15) is 5.26 Å². The Morgan fingerprint density at radius 3 is 2.72 bits per heavy atom. The second-order valence-corrected chi connectivity index (χ2v) is 5.59. The number of hydrogen-bond donors (Lipinski definition) is 0. The maximum Gasteiger partial charge on any atom is 0.0631 e. The topological polar surface area (TPSA) is 33.0 Å². The number of hydrogen-bond acceptors (Lipinski definition) is 2. The van der Waals surface area contributed by atoms with Crippen LogP contribution in [0.15, 0.2) is 30.3 Å². The van der Waals surface area contributed by atoms with Crippen molar-refractivity contribution >= 4 is 0 Å². The van der Waals surface area contributed by atoms with Gasteiger partial charge in [0.2, 0.25) is 0 Å². The van der Waals surface area contributed by atoms with E-state index in [1.807, 2.05) is 6.07 Å². The molecule has 1 aromatic carbocycles. The molecule has 0 radical (unpaired) electrons. The van der Waals surface area contributed by atoms with Crippen molar-refractivity contribution in [3.63, 3.8) is 0 Å². The number of rotatable bonds is 3. The van der Waals surface area contributed by atoms with Crippen molar-refractivity contribution in [3.8, 4) is 6.07 Å². The van der Waals surface area contributed by atoms with Gasteiger partial charge in [0.05, 0.1) is 12.2 Å². The monoisotopic (exact) mass is 243 g/mol. The third kappa shape index (κ3) is 2.57. The molecule has 1 aliphatic rings. The van der Waals surface area contributed by atoms with Crippen LogP contribution in [-0.4, -0.2) is 12.7 Å². The van der Waals surface area contributed by atoms with E-state index < -0.39 is 0 Å². The summed E-state index contributed by atoms with van der Waals surface area (Å²) in [6, 6.07) is 12.8. The number of benzene rings is 1. The minimum Gasteiger partial charge on any atom is -0.378 e. The van der Waals surface area contributed by atoms with E-state index in [1.54, 1.807) is 0 Å². The van der Waals surface area contributed by atoms with Crippen molar-refractivity contribution in [3.05, 3.63) is 35.9 Å². The van der Waals surface area contributed by atoms with Crippen molar-refractivity contribution in [2.24, 2.45) is 5.92 Å². The Bertz CT molecular complexity index is 420. The van der Waals surface area contributed by atoms with E-state index in [1.165, 1.54) is 5.56 Å². The summed E-state index contributed by atoms with van der Waals surface area (Å²) in [6.07, 6.45) is 2.77. The molecule has 0 bridgehead atoms. The Labute approximate surface area is 110 Å². The first-order chi connectivity index (χ1) is 8.68. The highest BCUT2D eigenvalue weighted by atomic mass is 16.5. The molecule has 0 N–H and O–H groups in total. The van der Waals surface area contributed by atoms with E-state index in [0.29, 0.717) is 12.3 Å². The second-order valence-electron chi connectivity index (χ2n) is 5.59. The summed E-state index contributed by atoms with van der Waals surface area (Å²) < 4.78 is 5.85. The Morgan fingerprint density at radius 2 is 2.11 bits per heavy atom. The van der Waals surface area contributed by atoms with Crippen LogP contribution in [0.3, 0.4) is 0 Å². The number of nitriles is 1. The van der Waals surface area contributed by atoms with Crippen LogP contribution in [0.1, 0.15) is 38.7 Å². The number of nitrogens with zero attached hydrogens (tertiary/aromatic N) is 1. The Morgan fingerprint density at radius 1 is 1.39 bits per heavy atom. The van der Waals surface area contributed by atoms with E-state index >= 15 is 0 Å². The van der Waals surface area contributed by atoms with Crippen molar-refractivity contribution in [2.45, 2.75) is 44.6 Å². The molecule has 0 saturated carbocycles. The van der Waals surface area contributed by atoms with Crippen LogP contribution >= 0.6 is 0 Å². The highest BCUT2D eigenvalue weighted by molar-refractivity contribution is 5.27. The Kier molecular flexibility index (Phi) is 4.04. The molecule has 1 aromatic rings. The average Bonchev–Trinajstić information content (AvgIpc) is 2.40. The lowest BCUT2D eigenvalue weighted by atomic mass is 9.69. The highest BCUT2D eigenvalue weighted by Gasteiger charge is 2.39. The van der Waals surface area contributed by atoms with E-state index in [-0.39, 0.29) is 11.5 Å². The molecule has 0 aromatic heterocycles. The SMILES string of the molecule is CC(C)[C@H]1C[C@@](CC#N)(c2ccccc2)CCO1. The molecule has 1 heterocycles. The first kappa shape index (κ1) is 13.1. The predicted octanol–water partition coefficient (Wildman–Crippen LogP) is 3.67. The summed E-state index contributed by atoms with van der Waals surface area (Å²) in [7, 11) is 0. The molecule has 0 spiro atoms. The molecule has 2 heteroatoms. The van der Waals surface area contributed by atoms with E-state index in [2.05, 4.69) is 44.2 Å². The summed E-state index contributed by atoms with van der Waals surface area (Å²) in [5, 5.41) is 9.18. The molecule has 1 fully saturated rings. The van der Waals surface area contributed by atoms with Gasteiger partial charge in [0.1, 0.15) is 0 Å². The summed E-state index contributed by atoms with van der Waals surface area (Å²) in [4.78, 5) is 0. The van der Waals surface area contributed by atoms with Gasteiger partial charge in [-0.15, -0.1) is 0 Å². The maximum atomic E-state index is 9.18. The summed E-state index contributed by atoms with van der Waals surface area (Å²) >= 11 is 0. The molecule has 0 amide bonds. The van der Waals surface area contributed by atoms with Gasteiger partial charge in [-0.3, -0.25) is 0 Å². The third-order valence-electron chi connectivity index (χ3n) is 4.05. The summed E-state index contributed by atoms with van der Waals surface area (Å²) in [6.45, 7) is 5.15. The van der Waals surface area contributed by atoms with Gasteiger partial charge in [-0.2, -0.15) is 5.26 Å². The lowest BCUT2D eigenvalue weighted by Crippen LogP contribution is -2.40. The molecule has 1 aliphatic heterocycles. The van der Waals surface area contributed by atoms with Gasteiger partial charge in [0.15, 0.2) is 0 Å². The lowest BCUT2D eigenvalue weighted by Gasteiger charge is -2.41. The van der Waals surface area contributed by atoms with Crippen LogP contribution in [0, 0.1) is 17.2 Å². The van der Waals surface area contributed by atoms with Crippen LogP contribution in [-0.2, 0) is 10.2 Å². The first-order valence-corrected chi connectivity index (χ1v) is 6.72. The molecule has 2 atom stereocenters. The molecule has 0 unspecified atom stereocenters. The van der Waals surface area contributed by atoms with Gasteiger partial charge < -0.3 is 4.74 Å². The normalized spacial score (nSPS) is 28.0. The average molecular weight is 243 g/mol. The van der Waals surface area contributed by atoms with Crippen LogP contribution in [0.5, 0.6) is 0 Å². The predicted molar refractivity (Wildman–Crippen MR) is 72.2 cm³/mol. The minimum atomic E-state index is -0.0107. The Hall–Kier alpha value is -1.33. The fourth-order valence-electron chi connectivity index (χ4n) is 2.85. The van der Waals surface area contributed by atoms with Crippen molar-refractivity contribution in [2.75, 3.05) is 6.61 Å². The fourth-order valence-corrected chi connectivity index (χ4v) is 2.85. The van der Waals surface area contributed by atoms with Crippen LogP contribution < -0.4 is 0 Å². The smallest absolute Gasteiger partial charge is 0.0631 e. The van der Waals surface area contributed by atoms with Crippen LogP contribution in [0.25, 0.3) is 0 Å². The second kappa shape index (κ2) is 5.54. The van der Waals surface area contributed by atoms with Crippen LogP contribution in [0.4, 0.5) is 0 Å². The standard InChI is InChI=1S/C16H21NO/c1-13(2)15-12-16(8-10-17,9-11-18-15)14-6-4-3-5-7-14/h3-7,13,15H,8-9,11-12H2,1-2H3/t15-,16+/m1/s1. The van der Waals surface area contributed by atoms with Gasteiger partial charge in [-0.05, 0) is 24.3 Å². The third-order valence-corrected chi connectivity index (χ3v) is 4.05. The van der Waals surface area contributed by atoms with Gasteiger partial charge in [-0.25, -0.2) is 0 Å². The highest BCUT2D eigenvalue weighted by Crippen LogP contribution is 2.41. The van der Waals surface area contributed by atoms with Gasteiger partial charge in [-0.1, -0.05) is 44.2 Å². The van der Waals surface area contributed by atoms with Gasteiger partial charge in [0.25, 0.3) is 0 Å². The molecular formula is C16H21NO. The quantitative estimate of drug-likeness (QED) is 0.811. The van der Waals surface area contributed by atoms with Gasteiger partial charge in [0, 0.05) is 18.4 Å².